The van der Waals surface area contributed by atoms with Gasteiger partial charge in [0.2, 0.25) is 5.16 Å². The van der Waals surface area contributed by atoms with Crippen molar-refractivity contribution >= 4 is 28.7 Å². The number of aliphatic hydroxyl groups excluding tert-OH is 2. The molecular weight excluding hydrogens is 350 g/mol. The third-order valence-electron chi connectivity index (χ3n) is 3.96. The molecule has 1 fully saturated rings. The third kappa shape index (κ3) is 2.70. The Morgan fingerprint density at radius 3 is 2.88 bits per heavy atom. The van der Waals surface area contributed by atoms with E-state index in [4.69, 9.17) is 10.5 Å². The van der Waals surface area contributed by atoms with E-state index < -0.39 is 24.5 Å². The predicted molar refractivity (Wildman–Crippen MR) is 85.2 cm³/mol. The lowest BCUT2D eigenvalue weighted by atomic mass is 10.1. The Morgan fingerprint density at radius 1 is 1.28 bits per heavy atom. The average Bonchev–Trinajstić information content (AvgIpc) is 3.27. The fourth-order valence-corrected chi connectivity index (χ4v) is 3.56. The molecule has 1 saturated heterocycles. The van der Waals surface area contributed by atoms with E-state index in [0.29, 0.717) is 22.1 Å². The lowest BCUT2D eigenvalue weighted by molar-refractivity contribution is -0.0289. The summed E-state index contributed by atoms with van der Waals surface area (Å²) in [6.07, 6.45) is -0.900. The van der Waals surface area contributed by atoms with Gasteiger partial charge >= 0.3 is 0 Å². The average molecular weight is 365 g/mol. The molecule has 0 radical (unpaired) electrons. The van der Waals surface area contributed by atoms with Crippen LogP contribution in [0.4, 0.5) is 5.82 Å². The zero-order valence-corrected chi connectivity index (χ0v) is 13.9. The Balaban J connectivity index is 1.55. The van der Waals surface area contributed by atoms with Crippen LogP contribution in [0.5, 0.6) is 0 Å². The van der Waals surface area contributed by atoms with Crippen LogP contribution in [0.1, 0.15) is 6.23 Å². The number of imidazole rings is 1. The lowest BCUT2D eigenvalue weighted by Gasteiger charge is -2.16. The van der Waals surface area contributed by atoms with Crippen molar-refractivity contribution in [3.05, 3.63) is 12.7 Å². The molecule has 0 aliphatic carbocycles. The normalized spacial score (nSPS) is 26.5. The molecule has 1 aliphatic rings. The Bertz CT molecular complexity index is 899. The maximum absolute atomic E-state index is 10.4. The first-order valence-electron chi connectivity index (χ1n) is 7.36. The van der Waals surface area contributed by atoms with Crippen molar-refractivity contribution < 1.29 is 14.9 Å². The van der Waals surface area contributed by atoms with E-state index in [1.165, 1.54) is 33.7 Å². The number of nitrogen functional groups attached to an aromatic ring is 1. The van der Waals surface area contributed by atoms with Crippen molar-refractivity contribution in [1.29, 1.82) is 0 Å². The number of hydrogen-bond donors (Lipinski definition) is 3. The first-order chi connectivity index (χ1) is 12.1. The van der Waals surface area contributed by atoms with E-state index >= 15 is 0 Å². The zero-order chi connectivity index (χ0) is 17.6. The Labute approximate surface area is 145 Å². The highest BCUT2D eigenvalue weighted by Gasteiger charge is 2.44. The number of anilines is 1. The fraction of sp³-hybridized carbons (Fsp3) is 0.500. The molecule has 1 aliphatic heterocycles. The number of fused-ring (bicyclic) bond motifs is 1. The van der Waals surface area contributed by atoms with E-state index in [2.05, 4.69) is 30.5 Å². The van der Waals surface area contributed by atoms with Gasteiger partial charge in [-0.15, -0.1) is 5.10 Å². The molecule has 4 rings (SSSR count). The fourth-order valence-electron chi connectivity index (χ4n) is 2.65. The smallest absolute Gasteiger partial charge is 0.209 e. The van der Waals surface area contributed by atoms with Gasteiger partial charge in [-0.05, 0) is 10.4 Å². The number of rotatable bonds is 4. The minimum absolute atomic E-state index is 0.235. The molecule has 3 aromatic rings. The molecule has 0 bridgehead atoms. The van der Waals surface area contributed by atoms with Crippen LogP contribution in [0, 0.1) is 0 Å². The van der Waals surface area contributed by atoms with Gasteiger partial charge < -0.3 is 20.7 Å². The van der Waals surface area contributed by atoms with E-state index in [0.717, 1.165) is 0 Å². The summed E-state index contributed by atoms with van der Waals surface area (Å²) in [7, 11) is 1.72. The molecule has 4 N–H and O–H groups in total. The molecule has 0 amide bonds. The molecule has 4 heterocycles. The minimum atomic E-state index is -1.14. The largest absolute Gasteiger partial charge is 0.387 e. The van der Waals surface area contributed by atoms with Crippen molar-refractivity contribution in [3.63, 3.8) is 0 Å². The van der Waals surface area contributed by atoms with E-state index in [1.807, 2.05) is 0 Å². The molecule has 25 heavy (non-hydrogen) atoms. The highest BCUT2D eigenvalue weighted by atomic mass is 32.2. The van der Waals surface area contributed by atoms with Crippen molar-refractivity contribution in [2.24, 2.45) is 7.05 Å². The molecule has 132 valence electrons. The maximum atomic E-state index is 10.4. The highest BCUT2D eigenvalue weighted by Crippen LogP contribution is 2.34. The molecule has 4 atom stereocenters. The van der Waals surface area contributed by atoms with Crippen LogP contribution in [0.3, 0.4) is 0 Å². The van der Waals surface area contributed by atoms with Crippen LogP contribution in [-0.2, 0) is 11.8 Å². The monoisotopic (exact) mass is 365 g/mol. The lowest BCUT2D eigenvalue weighted by Crippen LogP contribution is -2.32. The standard InChI is InChI=1S/C12H15N9O3S/c1-20-12(17-18-19-20)25-2-5-7(22)8(23)11(24-5)21-4-16-6-9(13)14-3-15-10(6)21/h3-5,7-8,11,22-23H,2H2,1H3,(H2,13,14,15)/t5-,7-,8-,11-/m1/s1. The van der Waals surface area contributed by atoms with Gasteiger partial charge in [-0.1, -0.05) is 11.8 Å². The van der Waals surface area contributed by atoms with Crippen molar-refractivity contribution in [2.75, 3.05) is 11.5 Å². The van der Waals surface area contributed by atoms with Gasteiger partial charge in [-0.2, -0.15) is 0 Å². The SMILES string of the molecule is Cn1nnnc1SC[C@H]1O[C@@H](n2cnc3c(N)ncnc32)[C@H](O)[C@@H]1O. The summed E-state index contributed by atoms with van der Waals surface area (Å²) < 4.78 is 8.89. The van der Waals surface area contributed by atoms with Gasteiger partial charge in [-0.25, -0.2) is 19.6 Å². The van der Waals surface area contributed by atoms with Gasteiger partial charge in [0.05, 0.1) is 12.4 Å². The number of tetrazole rings is 1. The summed E-state index contributed by atoms with van der Waals surface area (Å²) >= 11 is 1.32. The maximum Gasteiger partial charge on any atom is 0.209 e. The summed E-state index contributed by atoms with van der Waals surface area (Å²) in [5.41, 5.74) is 6.61. The van der Waals surface area contributed by atoms with Crippen LogP contribution >= 0.6 is 11.8 Å². The molecule has 0 saturated carbocycles. The van der Waals surface area contributed by atoms with Gasteiger partial charge in [0.25, 0.3) is 0 Å². The van der Waals surface area contributed by atoms with Crippen molar-refractivity contribution in [1.82, 2.24) is 39.7 Å². The first-order valence-corrected chi connectivity index (χ1v) is 8.34. The second kappa shape index (κ2) is 6.18. The van der Waals surface area contributed by atoms with Crippen LogP contribution < -0.4 is 5.73 Å². The molecule has 0 unspecified atom stereocenters. The second-order valence-electron chi connectivity index (χ2n) is 5.53. The van der Waals surface area contributed by atoms with Crippen LogP contribution in [0.15, 0.2) is 17.8 Å². The summed E-state index contributed by atoms with van der Waals surface area (Å²) in [6.45, 7) is 0. The number of thioether (sulfide) groups is 1. The Kier molecular flexibility index (Phi) is 3.99. The number of hydrogen-bond acceptors (Lipinski definition) is 11. The Hall–Kier alpha value is -2.35. The van der Waals surface area contributed by atoms with E-state index in [-0.39, 0.29) is 5.82 Å². The summed E-state index contributed by atoms with van der Waals surface area (Å²) in [5, 5.41) is 32.4. The molecule has 3 aromatic heterocycles. The molecule has 12 nitrogen and oxygen atoms in total. The number of aliphatic hydroxyl groups is 2. The number of nitrogens with zero attached hydrogens (tertiary/aromatic N) is 8. The summed E-state index contributed by atoms with van der Waals surface area (Å²) in [5.74, 6) is 0.603. The Morgan fingerprint density at radius 2 is 2.12 bits per heavy atom. The van der Waals surface area contributed by atoms with Crippen LogP contribution in [-0.4, -0.2) is 74.0 Å². The van der Waals surface area contributed by atoms with Gasteiger partial charge in [0, 0.05) is 12.8 Å². The minimum Gasteiger partial charge on any atom is -0.387 e. The van der Waals surface area contributed by atoms with Gasteiger partial charge in [-0.3, -0.25) is 4.57 Å². The van der Waals surface area contributed by atoms with Crippen molar-refractivity contribution in [2.45, 2.75) is 29.7 Å². The summed E-state index contributed by atoms with van der Waals surface area (Å²) in [6, 6.07) is 0. The predicted octanol–water partition coefficient (Wildman–Crippen LogP) is -1.66. The van der Waals surface area contributed by atoms with Gasteiger partial charge in [0.15, 0.2) is 17.7 Å². The number of nitrogens with two attached hydrogens (primary N) is 1. The van der Waals surface area contributed by atoms with Crippen molar-refractivity contribution in [3.8, 4) is 0 Å². The second-order valence-corrected chi connectivity index (χ2v) is 6.51. The summed E-state index contributed by atoms with van der Waals surface area (Å²) in [4.78, 5) is 12.2. The van der Waals surface area contributed by atoms with Crippen LogP contribution in [0.2, 0.25) is 0 Å². The number of aromatic nitrogens is 8. The highest BCUT2D eigenvalue weighted by molar-refractivity contribution is 7.99. The van der Waals surface area contributed by atoms with Crippen LogP contribution in [0.25, 0.3) is 11.2 Å². The number of aryl methyl sites for hydroxylation is 1. The zero-order valence-electron chi connectivity index (χ0n) is 13.0. The quantitative estimate of drug-likeness (QED) is 0.453. The molecule has 0 aromatic carbocycles. The number of ether oxygens (including phenoxy) is 1. The van der Waals surface area contributed by atoms with E-state index in [1.54, 1.807) is 7.05 Å². The molecule has 0 spiro atoms. The first kappa shape index (κ1) is 16.1. The molecular formula is C12H15N9O3S. The van der Waals surface area contributed by atoms with Gasteiger partial charge in [0.1, 0.15) is 24.1 Å². The topological polar surface area (TPSA) is 163 Å². The third-order valence-corrected chi connectivity index (χ3v) is 5.06. The van der Waals surface area contributed by atoms with E-state index in [9.17, 15) is 10.2 Å². The molecule has 13 heteroatoms.